The molecule has 0 spiro atoms. The standard InChI is InChI=1S/C25H25ClF2N4O3/c26-19-5-6-22(28)21(10-19)17-3-1-15(2-4-17)7-16(9-24(33)23-11-29-31-30-23)8-18(25(34)35)12-32-13-20(27)14-32/h1-6,10-11,16,18,20H,7-9,12-14H2,(H,34,35)(H,29,30,31)/t16-,18+/m1/s1. The van der Waals surface area contributed by atoms with Crippen molar-refractivity contribution in [2.24, 2.45) is 11.8 Å². The van der Waals surface area contributed by atoms with Crippen molar-refractivity contribution in [1.82, 2.24) is 20.3 Å². The van der Waals surface area contributed by atoms with Gasteiger partial charge in [-0.3, -0.25) is 14.5 Å². The van der Waals surface area contributed by atoms with Gasteiger partial charge >= 0.3 is 5.97 Å². The number of hydrogen-bond acceptors (Lipinski definition) is 5. The SMILES string of the molecule is O=C(C[C@H](Cc1ccc(-c2cc(Cl)ccc2F)cc1)C[C@@H](CN1CC(F)C1)C(=O)O)c1cn[nH]n1. The van der Waals surface area contributed by atoms with Gasteiger partial charge in [0, 0.05) is 36.6 Å². The first-order valence-electron chi connectivity index (χ1n) is 11.3. The summed E-state index contributed by atoms with van der Waals surface area (Å²) in [7, 11) is 0. The minimum atomic E-state index is -0.974. The molecule has 1 aromatic heterocycles. The van der Waals surface area contributed by atoms with E-state index in [1.807, 2.05) is 12.1 Å². The van der Waals surface area contributed by atoms with Crippen LogP contribution in [0.5, 0.6) is 0 Å². The number of H-pyrrole nitrogens is 1. The number of nitrogens with zero attached hydrogens (tertiary/aromatic N) is 3. The molecular weight excluding hydrogens is 478 g/mol. The van der Waals surface area contributed by atoms with Crippen molar-refractivity contribution in [2.45, 2.75) is 25.4 Å². The average Bonchev–Trinajstić information content (AvgIpc) is 3.35. The van der Waals surface area contributed by atoms with E-state index in [1.54, 1.807) is 23.1 Å². The Morgan fingerprint density at radius 3 is 2.57 bits per heavy atom. The molecule has 184 valence electrons. The molecule has 0 unspecified atom stereocenters. The van der Waals surface area contributed by atoms with E-state index in [1.165, 1.54) is 18.3 Å². The smallest absolute Gasteiger partial charge is 0.307 e. The molecule has 0 amide bonds. The Hall–Kier alpha value is -3.17. The van der Waals surface area contributed by atoms with Crippen LogP contribution in [0, 0.1) is 17.7 Å². The fourth-order valence-electron chi connectivity index (χ4n) is 4.44. The summed E-state index contributed by atoms with van der Waals surface area (Å²) in [6.45, 7) is 0.694. The van der Waals surface area contributed by atoms with Crippen molar-refractivity contribution in [1.29, 1.82) is 0 Å². The minimum Gasteiger partial charge on any atom is -0.481 e. The maximum Gasteiger partial charge on any atom is 0.307 e. The number of carboxylic acids is 1. The van der Waals surface area contributed by atoms with E-state index in [-0.39, 0.29) is 55.7 Å². The highest BCUT2D eigenvalue weighted by molar-refractivity contribution is 6.30. The number of carbonyl (C=O) groups excluding carboxylic acids is 1. The third-order valence-electron chi connectivity index (χ3n) is 6.25. The summed E-state index contributed by atoms with van der Waals surface area (Å²) in [5.74, 6) is -2.63. The van der Waals surface area contributed by atoms with Crippen molar-refractivity contribution in [2.75, 3.05) is 19.6 Å². The number of aromatic nitrogens is 3. The summed E-state index contributed by atoms with van der Waals surface area (Å²) in [5, 5.41) is 20.1. The molecule has 35 heavy (non-hydrogen) atoms. The quantitative estimate of drug-likeness (QED) is 0.376. The second kappa shape index (κ2) is 11.0. The van der Waals surface area contributed by atoms with Crippen molar-refractivity contribution >= 4 is 23.4 Å². The lowest BCUT2D eigenvalue weighted by molar-refractivity contribution is -0.144. The number of rotatable bonds is 11. The molecule has 1 aliphatic rings. The van der Waals surface area contributed by atoms with E-state index in [9.17, 15) is 23.5 Å². The molecule has 2 heterocycles. The van der Waals surface area contributed by atoms with E-state index in [0.717, 1.165) is 5.56 Å². The highest BCUT2D eigenvalue weighted by Crippen LogP contribution is 2.29. The molecule has 2 atom stereocenters. The van der Waals surface area contributed by atoms with Gasteiger partial charge in [0.25, 0.3) is 0 Å². The first-order valence-corrected chi connectivity index (χ1v) is 11.7. The molecule has 2 N–H and O–H groups in total. The number of alkyl halides is 1. The topological polar surface area (TPSA) is 99.2 Å². The number of hydrogen-bond donors (Lipinski definition) is 2. The van der Waals surface area contributed by atoms with Crippen LogP contribution in [0.4, 0.5) is 8.78 Å². The van der Waals surface area contributed by atoms with Gasteiger partial charge in [-0.1, -0.05) is 35.9 Å². The average molecular weight is 503 g/mol. The Kier molecular flexibility index (Phi) is 7.87. The fraction of sp³-hybridized carbons (Fsp3) is 0.360. The fourth-order valence-corrected chi connectivity index (χ4v) is 4.61. The number of nitrogens with one attached hydrogen (secondary N) is 1. The van der Waals surface area contributed by atoms with Crippen molar-refractivity contribution in [3.05, 3.63) is 70.8 Å². The Labute approximate surface area is 206 Å². The minimum absolute atomic E-state index is 0.0900. The van der Waals surface area contributed by atoms with E-state index in [2.05, 4.69) is 15.4 Å². The lowest BCUT2D eigenvalue weighted by Gasteiger charge is -2.36. The molecule has 3 aromatic rings. The summed E-state index contributed by atoms with van der Waals surface area (Å²) in [6, 6.07) is 11.6. The predicted octanol–water partition coefficient (Wildman–Crippen LogP) is 4.44. The summed E-state index contributed by atoms with van der Waals surface area (Å²) in [6.07, 6.45) is 1.20. The molecular formula is C25H25ClF2N4O3. The van der Waals surface area contributed by atoms with Gasteiger partial charge in [0.1, 0.15) is 17.7 Å². The highest BCUT2D eigenvalue weighted by Gasteiger charge is 2.32. The van der Waals surface area contributed by atoms with Crippen LogP contribution in [0.15, 0.2) is 48.7 Å². The third-order valence-corrected chi connectivity index (χ3v) is 6.49. The van der Waals surface area contributed by atoms with Crippen molar-refractivity contribution in [3.8, 4) is 11.1 Å². The van der Waals surface area contributed by atoms with Crippen molar-refractivity contribution < 1.29 is 23.5 Å². The second-order valence-corrected chi connectivity index (χ2v) is 9.40. The first-order chi connectivity index (χ1) is 16.8. The number of ketones is 1. The largest absolute Gasteiger partial charge is 0.481 e. The number of carboxylic acid groups (broad SMARTS) is 1. The maximum atomic E-state index is 14.2. The van der Waals surface area contributed by atoms with Crippen LogP contribution >= 0.6 is 11.6 Å². The zero-order valence-corrected chi connectivity index (χ0v) is 19.6. The van der Waals surface area contributed by atoms with E-state index < -0.39 is 18.1 Å². The normalized spacial score (nSPS) is 16.0. The van der Waals surface area contributed by atoms with Gasteiger partial charge in [-0.15, -0.1) is 0 Å². The van der Waals surface area contributed by atoms with Gasteiger partial charge in [-0.25, -0.2) is 8.78 Å². The molecule has 0 saturated carbocycles. The number of aromatic amines is 1. The number of likely N-dealkylation sites (tertiary alicyclic amines) is 1. The van der Waals surface area contributed by atoms with Gasteiger partial charge in [-0.05, 0) is 48.1 Å². The van der Waals surface area contributed by atoms with Gasteiger partial charge in [0.2, 0.25) is 0 Å². The van der Waals surface area contributed by atoms with E-state index in [4.69, 9.17) is 11.6 Å². The molecule has 7 nitrogen and oxygen atoms in total. The Morgan fingerprint density at radius 1 is 1.20 bits per heavy atom. The van der Waals surface area contributed by atoms with Gasteiger partial charge in [0.05, 0.1) is 12.1 Å². The molecule has 10 heteroatoms. The first kappa shape index (κ1) is 24.9. The van der Waals surface area contributed by atoms with Crippen LogP contribution in [-0.2, 0) is 11.2 Å². The Bertz CT molecular complexity index is 1170. The van der Waals surface area contributed by atoms with Crippen LogP contribution in [0.3, 0.4) is 0 Å². The molecule has 0 aliphatic carbocycles. The lowest BCUT2D eigenvalue weighted by Crippen LogP contribution is -2.51. The highest BCUT2D eigenvalue weighted by atomic mass is 35.5. The van der Waals surface area contributed by atoms with Crippen LogP contribution in [0.25, 0.3) is 11.1 Å². The molecule has 0 radical (unpaired) electrons. The Morgan fingerprint density at radius 2 is 1.94 bits per heavy atom. The van der Waals surface area contributed by atoms with Gasteiger partial charge < -0.3 is 5.11 Å². The van der Waals surface area contributed by atoms with Crippen molar-refractivity contribution in [3.63, 3.8) is 0 Å². The Balaban J connectivity index is 1.50. The summed E-state index contributed by atoms with van der Waals surface area (Å²) >= 11 is 6.01. The number of halogens is 3. The maximum absolute atomic E-state index is 14.2. The van der Waals surface area contributed by atoms with E-state index in [0.29, 0.717) is 22.6 Å². The summed E-state index contributed by atoms with van der Waals surface area (Å²) < 4.78 is 27.5. The zero-order chi connectivity index (χ0) is 24.9. The molecule has 2 aromatic carbocycles. The molecule has 4 rings (SSSR count). The molecule has 1 saturated heterocycles. The predicted molar refractivity (Wildman–Crippen MR) is 126 cm³/mol. The second-order valence-electron chi connectivity index (χ2n) is 8.96. The number of carbonyl (C=O) groups is 2. The summed E-state index contributed by atoms with van der Waals surface area (Å²) in [5.41, 5.74) is 2.11. The number of benzene rings is 2. The summed E-state index contributed by atoms with van der Waals surface area (Å²) in [4.78, 5) is 26.4. The van der Waals surface area contributed by atoms with E-state index >= 15 is 0 Å². The van der Waals surface area contributed by atoms with Gasteiger partial charge in [0.15, 0.2) is 5.78 Å². The number of aliphatic carboxylic acids is 1. The zero-order valence-electron chi connectivity index (χ0n) is 18.8. The lowest BCUT2D eigenvalue weighted by atomic mass is 9.84. The van der Waals surface area contributed by atoms with Crippen LogP contribution < -0.4 is 0 Å². The van der Waals surface area contributed by atoms with Crippen LogP contribution in [-0.4, -0.2) is 63.0 Å². The van der Waals surface area contributed by atoms with Crippen LogP contribution in [0.2, 0.25) is 5.02 Å². The van der Waals surface area contributed by atoms with Crippen LogP contribution in [0.1, 0.15) is 28.9 Å². The molecule has 1 aliphatic heterocycles. The number of Topliss-reactive ketones (excluding diaryl/α,β-unsaturated/α-hetero) is 1. The molecule has 0 bridgehead atoms. The molecule has 1 fully saturated rings. The van der Waals surface area contributed by atoms with Gasteiger partial charge in [-0.2, -0.15) is 15.4 Å². The monoisotopic (exact) mass is 502 g/mol. The third kappa shape index (κ3) is 6.49.